The third-order valence-corrected chi connectivity index (χ3v) is 3.92. The highest BCUT2D eigenvalue weighted by Gasteiger charge is 2.12. The minimum Gasteiger partial charge on any atom is -0.384 e. The number of aryl methyl sites for hydroxylation is 2. The molecule has 1 saturated heterocycles. The van der Waals surface area contributed by atoms with Crippen LogP contribution in [-0.4, -0.2) is 23.1 Å². The molecule has 1 aliphatic rings. The summed E-state index contributed by atoms with van der Waals surface area (Å²) in [4.78, 5) is 9.92. The lowest BCUT2D eigenvalue weighted by molar-refractivity contribution is 0.549. The fraction of sp³-hybridized carbons (Fsp3) is 0.542. The van der Waals surface area contributed by atoms with E-state index < -0.39 is 0 Å². The molecule has 5 nitrogen and oxygen atoms in total. The molecule has 30 heavy (non-hydrogen) atoms. The molecule has 2 N–H and O–H groups in total. The number of nitrogen functional groups attached to an aromatic ring is 1. The molecule has 3 rings (SSSR count). The summed E-state index contributed by atoms with van der Waals surface area (Å²) < 4.78 is 13.2. The Labute approximate surface area is 183 Å². The van der Waals surface area contributed by atoms with Gasteiger partial charge in [-0.2, -0.15) is 9.65 Å². The molecule has 3 heterocycles. The first-order valence-corrected chi connectivity index (χ1v) is 11.0. The van der Waals surface area contributed by atoms with Crippen molar-refractivity contribution in [2.24, 2.45) is 0 Å². The van der Waals surface area contributed by atoms with Crippen LogP contribution in [0, 0.1) is 31.1 Å². The summed E-state index contributed by atoms with van der Waals surface area (Å²) in [7, 11) is 0. The van der Waals surface area contributed by atoms with Crippen molar-refractivity contribution in [3.63, 3.8) is 0 Å². The minimum absolute atomic E-state index is 0.340. The van der Waals surface area contributed by atoms with Gasteiger partial charge in [0.05, 0.1) is 0 Å². The van der Waals surface area contributed by atoms with Crippen molar-refractivity contribution in [1.29, 1.82) is 5.26 Å². The number of pyridine rings is 2. The molecule has 0 bridgehead atoms. The van der Waals surface area contributed by atoms with Gasteiger partial charge in [-0.1, -0.05) is 53.7 Å². The van der Waals surface area contributed by atoms with Crippen molar-refractivity contribution in [1.82, 2.24) is 9.97 Å². The molecule has 0 aromatic carbocycles. The van der Waals surface area contributed by atoms with Gasteiger partial charge in [0.25, 0.3) is 0 Å². The average Bonchev–Trinajstić information content (AvgIpc) is 2.82. The molecule has 1 aliphatic heterocycles. The minimum atomic E-state index is -0.340. The van der Waals surface area contributed by atoms with Gasteiger partial charge in [0, 0.05) is 18.7 Å². The van der Waals surface area contributed by atoms with Gasteiger partial charge in [-0.25, -0.2) is 9.97 Å². The number of anilines is 2. The van der Waals surface area contributed by atoms with Crippen LogP contribution in [0.1, 0.15) is 77.6 Å². The molecule has 168 valence electrons. The summed E-state index contributed by atoms with van der Waals surface area (Å²) in [6.45, 7) is 17.6. The molecule has 0 saturated carbocycles. The first-order valence-electron chi connectivity index (χ1n) is 11.0. The largest absolute Gasteiger partial charge is 0.384 e. The second kappa shape index (κ2) is 18.4. The van der Waals surface area contributed by atoms with Crippen LogP contribution in [0.3, 0.4) is 0 Å². The molecule has 6 heteroatoms. The van der Waals surface area contributed by atoms with E-state index in [1.807, 2.05) is 60.6 Å². The number of nitriles is 1. The maximum Gasteiger partial charge on any atom is 0.217 e. The summed E-state index contributed by atoms with van der Waals surface area (Å²) in [5, 5.41) is 8.47. The normalized spacial score (nSPS) is 11.5. The van der Waals surface area contributed by atoms with Crippen molar-refractivity contribution < 1.29 is 4.39 Å². The molecule has 0 radical (unpaired) electrons. The molecule has 0 atom stereocenters. The number of nitrogens with zero attached hydrogens (tertiary/aromatic N) is 4. The molecule has 0 spiro atoms. The fourth-order valence-corrected chi connectivity index (χ4v) is 2.45. The standard InChI is InChI=1S/C11H15FN2.C7H7N3.3C2H6/c1-9-5-6-10(13-11(9)12)14-7-3-2-4-8-14;1-5-2-3-7(9)10-6(5)4-8;3*1-2/h5-6H,2-4,7-8H2,1H3;2-3H,1H3,(H2,9,10);3*1-2H3. The Hall–Kier alpha value is -2.68. The summed E-state index contributed by atoms with van der Waals surface area (Å²) >= 11 is 0. The maximum absolute atomic E-state index is 13.2. The number of piperidine rings is 1. The van der Waals surface area contributed by atoms with E-state index in [9.17, 15) is 4.39 Å². The molecule has 2 aromatic rings. The van der Waals surface area contributed by atoms with E-state index in [1.54, 1.807) is 25.1 Å². The Balaban J connectivity index is 0. The van der Waals surface area contributed by atoms with Gasteiger partial charge < -0.3 is 10.6 Å². The lowest BCUT2D eigenvalue weighted by atomic mass is 10.1. The van der Waals surface area contributed by atoms with Crippen LogP contribution < -0.4 is 10.6 Å². The first kappa shape index (κ1) is 29.5. The van der Waals surface area contributed by atoms with E-state index >= 15 is 0 Å². The molecule has 0 unspecified atom stereocenters. The van der Waals surface area contributed by atoms with Crippen molar-refractivity contribution in [3.05, 3.63) is 47.0 Å². The quantitative estimate of drug-likeness (QED) is 0.540. The van der Waals surface area contributed by atoms with Crippen LogP contribution in [0.15, 0.2) is 24.3 Å². The van der Waals surface area contributed by atoms with Crippen LogP contribution in [0.4, 0.5) is 16.0 Å². The number of nitrogens with two attached hydrogens (primary N) is 1. The Kier molecular flexibility index (Phi) is 18.1. The van der Waals surface area contributed by atoms with E-state index in [0.717, 1.165) is 24.5 Å². The highest BCUT2D eigenvalue weighted by atomic mass is 19.1. The Morgan fingerprint density at radius 2 is 1.40 bits per heavy atom. The van der Waals surface area contributed by atoms with Gasteiger partial charge in [0.1, 0.15) is 23.4 Å². The SMILES string of the molecule is CC.CC.CC.Cc1ccc(N)nc1C#N.Cc1ccc(N2CCCCC2)nc1F. The lowest BCUT2D eigenvalue weighted by Gasteiger charge is -2.27. The summed E-state index contributed by atoms with van der Waals surface area (Å²) in [5.74, 6) is 0.836. The predicted molar refractivity (Wildman–Crippen MR) is 127 cm³/mol. The van der Waals surface area contributed by atoms with Crippen molar-refractivity contribution >= 4 is 11.6 Å². The van der Waals surface area contributed by atoms with E-state index in [0.29, 0.717) is 17.1 Å². The third-order valence-electron chi connectivity index (χ3n) is 3.92. The highest BCUT2D eigenvalue weighted by Crippen LogP contribution is 2.18. The lowest BCUT2D eigenvalue weighted by Crippen LogP contribution is -2.30. The fourth-order valence-electron chi connectivity index (χ4n) is 2.45. The number of hydrogen-bond acceptors (Lipinski definition) is 5. The molecular weight excluding hydrogens is 377 g/mol. The van der Waals surface area contributed by atoms with Crippen LogP contribution in [0.25, 0.3) is 0 Å². The highest BCUT2D eigenvalue weighted by molar-refractivity contribution is 5.40. The zero-order chi connectivity index (χ0) is 23.5. The van der Waals surface area contributed by atoms with Crippen molar-refractivity contribution in [3.8, 4) is 6.07 Å². The Morgan fingerprint density at radius 1 is 0.867 bits per heavy atom. The molecule has 0 aliphatic carbocycles. The van der Waals surface area contributed by atoms with Gasteiger partial charge in [0.2, 0.25) is 5.95 Å². The van der Waals surface area contributed by atoms with E-state index in [2.05, 4.69) is 14.9 Å². The van der Waals surface area contributed by atoms with Gasteiger partial charge in [0.15, 0.2) is 0 Å². The van der Waals surface area contributed by atoms with Gasteiger partial charge in [-0.15, -0.1) is 0 Å². The smallest absolute Gasteiger partial charge is 0.217 e. The molecule has 1 fully saturated rings. The molecule has 2 aromatic heterocycles. The van der Waals surface area contributed by atoms with Gasteiger partial charge in [-0.3, -0.25) is 0 Å². The Morgan fingerprint density at radius 3 is 1.87 bits per heavy atom. The van der Waals surface area contributed by atoms with Gasteiger partial charge >= 0.3 is 0 Å². The van der Waals surface area contributed by atoms with E-state index in [1.165, 1.54) is 19.3 Å². The topological polar surface area (TPSA) is 78.8 Å². The number of rotatable bonds is 1. The Bertz CT molecular complexity index is 735. The summed E-state index contributed by atoms with van der Waals surface area (Å²) in [6.07, 6.45) is 3.67. The maximum atomic E-state index is 13.2. The first-order chi connectivity index (χ1) is 14.5. The second-order valence-corrected chi connectivity index (χ2v) is 5.84. The van der Waals surface area contributed by atoms with Gasteiger partial charge in [-0.05, 0) is 50.8 Å². The summed E-state index contributed by atoms with van der Waals surface area (Å²) in [5.41, 5.74) is 7.22. The third kappa shape index (κ3) is 10.8. The van der Waals surface area contributed by atoms with Crippen LogP contribution >= 0.6 is 0 Å². The van der Waals surface area contributed by atoms with Crippen molar-refractivity contribution in [2.45, 2.75) is 74.7 Å². The summed E-state index contributed by atoms with van der Waals surface area (Å²) in [6, 6.07) is 9.10. The number of halogens is 1. The second-order valence-electron chi connectivity index (χ2n) is 5.84. The molecule has 0 amide bonds. The van der Waals surface area contributed by atoms with E-state index in [-0.39, 0.29) is 5.95 Å². The zero-order valence-electron chi connectivity index (χ0n) is 20.1. The van der Waals surface area contributed by atoms with Crippen LogP contribution in [0.2, 0.25) is 0 Å². The molecular formula is C24H40FN5. The predicted octanol–water partition coefficient (Wildman–Crippen LogP) is 6.44. The van der Waals surface area contributed by atoms with Crippen LogP contribution in [-0.2, 0) is 0 Å². The number of hydrogen-bond donors (Lipinski definition) is 1. The number of aromatic nitrogens is 2. The monoisotopic (exact) mass is 417 g/mol. The van der Waals surface area contributed by atoms with E-state index in [4.69, 9.17) is 11.0 Å². The zero-order valence-corrected chi connectivity index (χ0v) is 20.1. The van der Waals surface area contributed by atoms with Crippen LogP contribution in [0.5, 0.6) is 0 Å². The average molecular weight is 418 g/mol. The van der Waals surface area contributed by atoms with Crippen molar-refractivity contribution in [2.75, 3.05) is 23.7 Å².